The van der Waals surface area contributed by atoms with Crippen molar-refractivity contribution in [1.82, 2.24) is 10.2 Å². The molecule has 9 nitrogen and oxygen atoms in total. The first-order valence-electron chi connectivity index (χ1n) is 13.4. The monoisotopic (exact) mass is 541 g/mol. The molecule has 0 spiro atoms. The molecule has 1 unspecified atom stereocenters. The van der Waals surface area contributed by atoms with Gasteiger partial charge in [0.15, 0.2) is 0 Å². The van der Waals surface area contributed by atoms with Gasteiger partial charge in [-0.15, -0.1) is 0 Å². The van der Waals surface area contributed by atoms with Crippen LogP contribution < -0.4 is 10.6 Å². The summed E-state index contributed by atoms with van der Waals surface area (Å²) in [6, 6.07) is 20.5. The van der Waals surface area contributed by atoms with Crippen molar-refractivity contribution in [2.24, 2.45) is 0 Å². The maximum atomic E-state index is 13.2. The van der Waals surface area contributed by atoms with Crippen molar-refractivity contribution in [2.75, 3.05) is 25.0 Å². The van der Waals surface area contributed by atoms with E-state index in [9.17, 15) is 19.2 Å². The summed E-state index contributed by atoms with van der Waals surface area (Å²) in [7, 11) is 0. The fourth-order valence-electron chi connectivity index (χ4n) is 5.36. The first-order valence-corrected chi connectivity index (χ1v) is 13.4. The lowest BCUT2D eigenvalue weighted by atomic mass is 9.98. The summed E-state index contributed by atoms with van der Waals surface area (Å²) in [5.74, 6) is -2.05. The number of benzene rings is 3. The van der Waals surface area contributed by atoms with Gasteiger partial charge in [-0.05, 0) is 65.8 Å². The second kappa shape index (κ2) is 12.0. The molecule has 1 fully saturated rings. The molecule has 0 aromatic heterocycles. The van der Waals surface area contributed by atoms with E-state index < -0.39 is 24.0 Å². The Morgan fingerprint density at radius 3 is 2.05 bits per heavy atom. The molecule has 3 aromatic carbocycles. The zero-order valence-corrected chi connectivity index (χ0v) is 22.0. The van der Waals surface area contributed by atoms with Crippen molar-refractivity contribution < 1.29 is 29.0 Å². The molecule has 1 atom stereocenters. The SMILES string of the molecule is O=C(NC(CC(=O)N1CCCCC1)C(=O)Nc1ccc(C(=O)O)cc1)OCC1c2ccccc2-c2ccccc21. The number of ether oxygens (including phenoxy) is 1. The normalized spacial score (nSPS) is 14.9. The maximum Gasteiger partial charge on any atom is 0.407 e. The van der Waals surface area contributed by atoms with E-state index in [1.165, 1.54) is 24.3 Å². The van der Waals surface area contributed by atoms with E-state index in [-0.39, 0.29) is 30.4 Å². The Balaban J connectivity index is 1.27. The topological polar surface area (TPSA) is 125 Å². The minimum atomic E-state index is -1.18. The molecular weight excluding hydrogens is 510 g/mol. The van der Waals surface area contributed by atoms with E-state index in [0.717, 1.165) is 41.5 Å². The smallest absolute Gasteiger partial charge is 0.407 e. The molecule has 206 valence electrons. The Bertz CT molecular complexity index is 1370. The van der Waals surface area contributed by atoms with Crippen LogP contribution in [0.1, 0.15) is 53.1 Å². The van der Waals surface area contributed by atoms with Gasteiger partial charge in [0.05, 0.1) is 12.0 Å². The predicted octanol–water partition coefficient (Wildman–Crippen LogP) is 4.63. The third-order valence-electron chi connectivity index (χ3n) is 7.44. The second-order valence-electron chi connectivity index (χ2n) is 10.0. The van der Waals surface area contributed by atoms with Crippen LogP contribution in [0, 0.1) is 0 Å². The fraction of sp³-hybridized carbons (Fsp3) is 0.290. The summed E-state index contributed by atoms with van der Waals surface area (Å²) in [4.78, 5) is 52.0. The summed E-state index contributed by atoms with van der Waals surface area (Å²) in [6.45, 7) is 1.31. The van der Waals surface area contributed by atoms with Crippen molar-refractivity contribution in [3.63, 3.8) is 0 Å². The van der Waals surface area contributed by atoms with Gasteiger partial charge in [-0.2, -0.15) is 0 Å². The van der Waals surface area contributed by atoms with E-state index in [2.05, 4.69) is 10.6 Å². The highest BCUT2D eigenvalue weighted by molar-refractivity contribution is 5.99. The molecule has 0 saturated carbocycles. The lowest BCUT2D eigenvalue weighted by molar-refractivity contribution is -0.134. The van der Waals surface area contributed by atoms with Crippen LogP contribution in [-0.4, -0.2) is 59.6 Å². The van der Waals surface area contributed by atoms with E-state index >= 15 is 0 Å². The first kappa shape index (κ1) is 26.9. The lowest BCUT2D eigenvalue weighted by Crippen LogP contribution is -2.48. The minimum Gasteiger partial charge on any atom is -0.478 e. The van der Waals surface area contributed by atoms with Crippen LogP contribution in [0.3, 0.4) is 0 Å². The molecule has 1 aliphatic heterocycles. The van der Waals surface area contributed by atoms with Crippen molar-refractivity contribution in [2.45, 2.75) is 37.6 Å². The van der Waals surface area contributed by atoms with Gasteiger partial charge in [0, 0.05) is 24.7 Å². The standard InChI is InChI=1S/C31H31N3O6/c35-28(34-16-6-1-7-17-34)18-27(29(36)32-21-14-12-20(13-15-21)30(37)38)33-31(39)40-19-26-24-10-4-2-8-22(24)23-9-3-5-11-25(23)26/h2-5,8-15,26-27H,1,6-7,16-19H2,(H,32,36)(H,33,39)(H,37,38). The molecule has 9 heteroatoms. The van der Waals surface area contributed by atoms with Crippen LogP contribution in [0.5, 0.6) is 0 Å². The van der Waals surface area contributed by atoms with Crippen molar-refractivity contribution in [1.29, 1.82) is 0 Å². The van der Waals surface area contributed by atoms with Crippen molar-refractivity contribution in [3.8, 4) is 11.1 Å². The zero-order valence-electron chi connectivity index (χ0n) is 22.0. The summed E-state index contributed by atoms with van der Waals surface area (Å²) in [5, 5.41) is 14.4. The Morgan fingerprint density at radius 2 is 1.45 bits per heavy atom. The van der Waals surface area contributed by atoms with Crippen LogP contribution in [0.15, 0.2) is 72.8 Å². The summed E-state index contributed by atoms with van der Waals surface area (Å²) < 4.78 is 5.62. The minimum absolute atomic E-state index is 0.0743. The van der Waals surface area contributed by atoms with Gasteiger partial charge in [0.25, 0.3) is 0 Å². The number of aromatic carboxylic acids is 1. The summed E-state index contributed by atoms with van der Waals surface area (Å²) in [6.07, 6.45) is 1.84. The molecule has 0 radical (unpaired) electrons. The first-order chi connectivity index (χ1) is 19.4. The quantitative estimate of drug-likeness (QED) is 0.382. The number of carbonyl (C=O) groups is 4. The molecule has 40 heavy (non-hydrogen) atoms. The molecule has 1 aliphatic carbocycles. The van der Waals surface area contributed by atoms with Gasteiger partial charge in [0.1, 0.15) is 12.6 Å². The third-order valence-corrected chi connectivity index (χ3v) is 7.44. The van der Waals surface area contributed by atoms with E-state index in [1.807, 2.05) is 48.5 Å². The maximum absolute atomic E-state index is 13.2. The zero-order chi connectivity index (χ0) is 28.1. The highest BCUT2D eigenvalue weighted by Gasteiger charge is 2.31. The number of fused-ring (bicyclic) bond motifs is 3. The molecule has 3 N–H and O–H groups in total. The van der Waals surface area contributed by atoms with Crippen LogP contribution in [0.4, 0.5) is 10.5 Å². The molecule has 1 heterocycles. The number of carbonyl (C=O) groups excluding carboxylic acids is 3. The van der Waals surface area contributed by atoms with Crippen molar-refractivity contribution >= 4 is 29.6 Å². The van der Waals surface area contributed by atoms with Crippen LogP contribution in [-0.2, 0) is 14.3 Å². The third kappa shape index (κ3) is 5.98. The van der Waals surface area contributed by atoms with Gasteiger partial charge in [0.2, 0.25) is 11.8 Å². The largest absolute Gasteiger partial charge is 0.478 e. The number of hydrogen-bond acceptors (Lipinski definition) is 5. The van der Waals surface area contributed by atoms with Gasteiger partial charge in [-0.1, -0.05) is 48.5 Å². The number of nitrogens with one attached hydrogen (secondary N) is 2. The molecule has 0 bridgehead atoms. The number of carboxylic acids is 1. The number of rotatable bonds is 8. The summed E-state index contributed by atoms with van der Waals surface area (Å²) >= 11 is 0. The number of nitrogens with zero attached hydrogens (tertiary/aromatic N) is 1. The molecule has 3 amide bonds. The van der Waals surface area contributed by atoms with Gasteiger partial charge in [-0.25, -0.2) is 9.59 Å². The Hall–Kier alpha value is -4.66. The van der Waals surface area contributed by atoms with E-state index in [0.29, 0.717) is 18.8 Å². The van der Waals surface area contributed by atoms with E-state index in [4.69, 9.17) is 9.84 Å². The molecular formula is C31H31N3O6. The van der Waals surface area contributed by atoms with Crippen LogP contribution in [0.25, 0.3) is 11.1 Å². The van der Waals surface area contributed by atoms with Crippen molar-refractivity contribution in [3.05, 3.63) is 89.5 Å². The van der Waals surface area contributed by atoms with E-state index in [1.54, 1.807) is 4.90 Å². The molecule has 2 aliphatic rings. The lowest BCUT2D eigenvalue weighted by Gasteiger charge is -2.28. The average Bonchev–Trinajstić information content (AvgIpc) is 3.30. The highest BCUT2D eigenvalue weighted by Crippen LogP contribution is 2.44. The number of amides is 3. The van der Waals surface area contributed by atoms with Gasteiger partial charge in [-0.3, -0.25) is 9.59 Å². The summed E-state index contributed by atoms with van der Waals surface area (Å²) in [5.41, 5.74) is 4.76. The number of likely N-dealkylation sites (tertiary alicyclic amines) is 1. The molecule has 5 rings (SSSR count). The highest BCUT2D eigenvalue weighted by atomic mass is 16.5. The molecule has 3 aromatic rings. The van der Waals surface area contributed by atoms with Gasteiger partial charge < -0.3 is 25.4 Å². The number of alkyl carbamates (subject to hydrolysis) is 1. The number of piperidine rings is 1. The average molecular weight is 542 g/mol. The number of anilines is 1. The number of carboxylic acid groups (broad SMARTS) is 1. The number of hydrogen-bond donors (Lipinski definition) is 3. The second-order valence-corrected chi connectivity index (χ2v) is 10.0. The molecule has 1 saturated heterocycles. The van der Waals surface area contributed by atoms with Crippen LogP contribution >= 0.6 is 0 Å². The Morgan fingerprint density at radius 1 is 0.850 bits per heavy atom. The Labute approximate surface area is 232 Å². The van der Waals surface area contributed by atoms with Gasteiger partial charge >= 0.3 is 12.1 Å². The predicted molar refractivity (Wildman–Crippen MR) is 149 cm³/mol. The Kier molecular flexibility index (Phi) is 8.10. The fourth-order valence-corrected chi connectivity index (χ4v) is 5.36. The van der Waals surface area contributed by atoms with Crippen LogP contribution in [0.2, 0.25) is 0 Å².